The average molecular weight is 649 g/mol. The Morgan fingerprint density at radius 3 is 1.06 bits per heavy atom. The van der Waals surface area contributed by atoms with Gasteiger partial charge >= 0.3 is 0 Å². The number of rotatable bonds is 21. The topological polar surface area (TPSA) is 20.2 Å². The van der Waals surface area contributed by atoms with Gasteiger partial charge in [0.15, 0.2) is 0 Å². The number of aromatic hydroxyl groups is 1. The molecule has 0 bridgehead atoms. The predicted molar refractivity (Wildman–Crippen MR) is 150 cm³/mol. The second-order valence-corrected chi connectivity index (χ2v) is 12.2. The number of phenols is 1. The monoisotopic (exact) mass is 648 g/mol. The summed E-state index contributed by atoms with van der Waals surface area (Å²) in [7, 11) is 0.366. The summed E-state index contributed by atoms with van der Waals surface area (Å²) in [5.74, 6) is 0.322. The van der Waals surface area contributed by atoms with Gasteiger partial charge in [0.25, 0.3) is 0 Å². The van der Waals surface area contributed by atoms with Crippen molar-refractivity contribution in [3.8, 4) is 5.75 Å². The van der Waals surface area contributed by atoms with Crippen molar-refractivity contribution in [2.75, 3.05) is 18.5 Å². The fourth-order valence-electron chi connectivity index (χ4n) is 4.11. The minimum absolute atomic E-state index is 0. The number of phenolic OH excluding ortho intramolecular Hbond substituents is 1. The third kappa shape index (κ3) is 28.3. The number of para-hydroxylation sites is 1. The molecule has 0 heterocycles. The summed E-state index contributed by atoms with van der Waals surface area (Å²) in [4.78, 5) is 0. The van der Waals surface area contributed by atoms with Crippen LogP contribution in [0.4, 0.5) is 0 Å². The molecule has 0 saturated carbocycles. The van der Waals surface area contributed by atoms with Gasteiger partial charge in [-0.2, -0.15) is 0 Å². The molecular weight excluding hydrogens is 591 g/mol. The molecule has 3 heteroatoms. The molecule has 1 nitrogen and oxygen atoms in total. The minimum atomic E-state index is 0. The van der Waals surface area contributed by atoms with E-state index in [-0.39, 0.29) is 21.1 Å². The molecular formula is C30H57OPW. The van der Waals surface area contributed by atoms with Crippen LogP contribution in [0.2, 0.25) is 0 Å². The molecule has 0 amide bonds. The zero-order chi connectivity index (χ0) is 23.5. The molecule has 1 rings (SSSR count). The van der Waals surface area contributed by atoms with Crippen LogP contribution in [-0.4, -0.2) is 23.6 Å². The number of benzene rings is 1. The van der Waals surface area contributed by atoms with Crippen molar-refractivity contribution >= 4 is 7.92 Å². The zero-order valence-corrected chi connectivity index (χ0v) is 26.4. The molecule has 1 N–H and O–H groups in total. The molecule has 0 saturated heterocycles. The predicted octanol–water partition coefficient (Wildman–Crippen LogP) is 10.9. The van der Waals surface area contributed by atoms with Crippen LogP contribution in [0.3, 0.4) is 0 Å². The molecule has 0 aliphatic heterocycles. The number of hydrogen-bond acceptors (Lipinski definition) is 1. The Hall–Kier alpha value is 0.138. The van der Waals surface area contributed by atoms with Gasteiger partial charge in [-0.15, -0.1) is 7.92 Å². The van der Waals surface area contributed by atoms with Crippen molar-refractivity contribution in [2.45, 2.75) is 136 Å². The molecule has 1 aromatic rings. The third-order valence-electron chi connectivity index (χ3n) is 6.24. The third-order valence-corrected chi connectivity index (χ3v) is 9.09. The van der Waals surface area contributed by atoms with E-state index in [1.807, 2.05) is 6.07 Å². The second kappa shape index (κ2) is 30.2. The van der Waals surface area contributed by atoms with Crippen LogP contribution in [0.1, 0.15) is 136 Å². The van der Waals surface area contributed by atoms with Crippen LogP contribution < -0.4 is 0 Å². The second-order valence-electron chi connectivity index (χ2n) is 9.48. The van der Waals surface area contributed by atoms with E-state index in [1.165, 1.54) is 116 Å². The quantitative estimate of drug-likeness (QED) is 0.104. The van der Waals surface area contributed by atoms with E-state index in [0.717, 1.165) is 0 Å². The van der Waals surface area contributed by atoms with Gasteiger partial charge < -0.3 is 5.11 Å². The molecule has 0 spiro atoms. The molecule has 33 heavy (non-hydrogen) atoms. The van der Waals surface area contributed by atoms with Gasteiger partial charge in [0.05, 0.1) is 0 Å². The Morgan fingerprint density at radius 1 is 0.485 bits per heavy atom. The molecule has 0 radical (unpaired) electrons. The standard InChI is InChI=1S/C24H51P.C6H6O.W/c1-4-7-10-13-16-19-22-25(23-20-17-14-11-8-5-2)24-21-18-15-12-9-6-3;7-6-4-2-1-3-5-6;/h4-24H2,1-3H3;1-5,7H;. The SMILES string of the molecule is CCCCCCCCP(CCCCCCCC)CCCCCCCC.Oc1ccccc1.[W]. The smallest absolute Gasteiger partial charge is 0.115 e. The fourth-order valence-corrected chi connectivity index (χ4v) is 6.79. The van der Waals surface area contributed by atoms with Crippen molar-refractivity contribution in [1.29, 1.82) is 0 Å². The maximum absolute atomic E-state index is 8.63. The summed E-state index contributed by atoms with van der Waals surface area (Å²) in [5.41, 5.74) is 0. The first-order chi connectivity index (χ1) is 15.7. The summed E-state index contributed by atoms with van der Waals surface area (Å²) < 4.78 is 0. The van der Waals surface area contributed by atoms with E-state index in [1.54, 1.807) is 42.8 Å². The van der Waals surface area contributed by atoms with Crippen molar-refractivity contribution in [3.63, 3.8) is 0 Å². The number of unbranched alkanes of at least 4 members (excludes halogenated alkanes) is 15. The van der Waals surface area contributed by atoms with Crippen LogP contribution in [-0.2, 0) is 21.1 Å². The summed E-state index contributed by atoms with van der Waals surface area (Å²) in [6, 6.07) is 8.71. The Labute approximate surface area is 224 Å². The summed E-state index contributed by atoms with van der Waals surface area (Å²) in [5, 5.41) is 8.63. The fraction of sp³-hybridized carbons (Fsp3) is 0.800. The van der Waals surface area contributed by atoms with Crippen LogP contribution in [0.5, 0.6) is 5.75 Å². The first kappa shape index (κ1) is 35.3. The van der Waals surface area contributed by atoms with Crippen molar-refractivity contribution in [2.24, 2.45) is 0 Å². The van der Waals surface area contributed by atoms with Gasteiger partial charge in [-0.1, -0.05) is 135 Å². The Kier molecular flexibility index (Phi) is 32.3. The van der Waals surface area contributed by atoms with Crippen molar-refractivity contribution < 1.29 is 26.2 Å². The summed E-state index contributed by atoms with van der Waals surface area (Å²) in [6.45, 7) is 6.96. The van der Waals surface area contributed by atoms with Crippen LogP contribution >= 0.6 is 7.92 Å². The van der Waals surface area contributed by atoms with Gasteiger partial charge in [0, 0.05) is 21.1 Å². The van der Waals surface area contributed by atoms with E-state index in [9.17, 15) is 0 Å². The summed E-state index contributed by atoms with van der Waals surface area (Å²) in [6.07, 6.45) is 31.2. The normalized spacial score (nSPS) is 10.5. The molecule has 0 aliphatic rings. The van der Waals surface area contributed by atoms with Crippen LogP contribution in [0, 0.1) is 0 Å². The van der Waals surface area contributed by atoms with E-state index < -0.39 is 0 Å². The van der Waals surface area contributed by atoms with Gasteiger partial charge in [-0.25, -0.2) is 0 Å². The molecule has 0 atom stereocenters. The zero-order valence-electron chi connectivity index (χ0n) is 22.5. The molecule has 0 unspecified atom stereocenters. The summed E-state index contributed by atoms with van der Waals surface area (Å²) >= 11 is 0. The van der Waals surface area contributed by atoms with Crippen LogP contribution in [0.25, 0.3) is 0 Å². The molecule has 0 fully saturated rings. The van der Waals surface area contributed by atoms with E-state index >= 15 is 0 Å². The molecule has 1 aromatic carbocycles. The molecule has 194 valence electrons. The first-order valence-corrected chi connectivity index (χ1v) is 16.1. The Balaban J connectivity index is 0. The van der Waals surface area contributed by atoms with Crippen LogP contribution in [0.15, 0.2) is 30.3 Å². The van der Waals surface area contributed by atoms with Gasteiger partial charge in [-0.3, -0.25) is 0 Å². The minimum Gasteiger partial charge on any atom is -0.508 e. The Morgan fingerprint density at radius 2 is 0.788 bits per heavy atom. The maximum atomic E-state index is 8.63. The first-order valence-electron chi connectivity index (χ1n) is 14.2. The molecule has 0 aliphatic carbocycles. The van der Waals surface area contributed by atoms with Gasteiger partial charge in [0.1, 0.15) is 5.75 Å². The largest absolute Gasteiger partial charge is 0.508 e. The van der Waals surface area contributed by atoms with E-state index in [0.29, 0.717) is 13.7 Å². The molecule has 0 aromatic heterocycles. The maximum Gasteiger partial charge on any atom is 0.115 e. The Bertz CT molecular complexity index is 416. The average Bonchev–Trinajstić information content (AvgIpc) is 2.81. The van der Waals surface area contributed by atoms with Crippen molar-refractivity contribution in [3.05, 3.63) is 30.3 Å². The van der Waals surface area contributed by atoms with E-state index in [4.69, 9.17) is 5.11 Å². The van der Waals surface area contributed by atoms with E-state index in [2.05, 4.69) is 20.8 Å². The van der Waals surface area contributed by atoms with Gasteiger partial charge in [-0.05, 0) is 49.9 Å². The van der Waals surface area contributed by atoms with Gasteiger partial charge in [0.2, 0.25) is 0 Å². The van der Waals surface area contributed by atoms with Crippen molar-refractivity contribution in [1.82, 2.24) is 0 Å². The number of hydrogen-bond donors (Lipinski definition) is 1.